The number of hydrazone groups is 1. The molecule has 0 unspecified atom stereocenters. The molecule has 13 heavy (non-hydrogen) atoms. The molecule has 3 N–H and O–H groups in total. The first-order chi connectivity index (χ1) is 6.24. The third-order valence-corrected chi connectivity index (χ3v) is 1.49. The number of amides is 2. The highest BCUT2D eigenvalue weighted by Crippen LogP contribution is 2.04. The maximum absolute atomic E-state index is 10.4. The Morgan fingerprint density at radius 1 is 1.77 bits per heavy atom. The molecule has 0 aliphatic carbocycles. The van der Waals surface area contributed by atoms with Crippen molar-refractivity contribution in [2.75, 3.05) is 0 Å². The fourth-order valence-electron chi connectivity index (χ4n) is 0.899. The van der Waals surface area contributed by atoms with E-state index in [-0.39, 0.29) is 0 Å². The van der Waals surface area contributed by atoms with Crippen LogP contribution in [0.5, 0.6) is 0 Å². The lowest BCUT2D eigenvalue weighted by Crippen LogP contribution is -2.25. The van der Waals surface area contributed by atoms with E-state index in [0.717, 1.165) is 11.3 Å². The van der Waals surface area contributed by atoms with Gasteiger partial charge in [0, 0.05) is 5.56 Å². The van der Waals surface area contributed by atoms with Crippen molar-refractivity contribution in [3.05, 3.63) is 24.2 Å². The van der Waals surface area contributed by atoms with Crippen molar-refractivity contribution in [1.29, 1.82) is 0 Å². The van der Waals surface area contributed by atoms with Gasteiger partial charge in [0.1, 0.15) is 0 Å². The molecule has 1 aromatic heterocycles. The summed E-state index contributed by atoms with van der Waals surface area (Å²) in [5, 5.41) is 3.82. The molecule has 0 atom stereocenters. The Kier molecular flexibility index (Phi) is 3.08. The third kappa shape index (κ3) is 2.62. The van der Waals surface area contributed by atoms with Crippen molar-refractivity contribution in [3.8, 4) is 0 Å². The van der Waals surface area contributed by atoms with Gasteiger partial charge in [-0.05, 0) is 12.5 Å². The van der Waals surface area contributed by atoms with Gasteiger partial charge in [-0.15, -0.1) is 0 Å². The number of primary amides is 1. The molecule has 0 aliphatic rings. The second-order valence-electron chi connectivity index (χ2n) is 2.40. The highest BCUT2D eigenvalue weighted by atomic mass is 16.3. The quantitative estimate of drug-likeness (QED) is 0.540. The SMILES string of the molecule is CC/C(=N\NC(N)=O)c1ccoc1. The lowest BCUT2D eigenvalue weighted by Gasteiger charge is -1.98. The third-order valence-electron chi connectivity index (χ3n) is 1.49. The summed E-state index contributed by atoms with van der Waals surface area (Å²) in [4.78, 5) is 10.4. The predicted molar refractivity (Wildman–Crippen MR) is 48.3 cm³/mol. The Morgan fingerprint density at radius 3 is 3.00 bits per heavy atom. The molecule has 0 bridgehead atoms. The molecule has 2 amide bonds. The summed E-state index contributed by atoms with van der Waals surface area (Å²) in [6.07, 6.45) is 3.80. The van der Waals surface area contributed by atoms with Crippen LogP contribution in [-0.2, 0) is 0 Å². The minimum Gasteiger partial charge on any atom is -0.472 e. The average Bonchev–Trinajstić information content (AvgIpc) is 2.58. The molecule has 0 radical (unpaired) electrons. The van der Waals surface area contributed by atoms with Crippen molar-refractivity contribution < 1.29 is 9.21 Å². The zero-order valence-corrected chi connectivity index (χ0v) is 7.28. The first-order valence-corrected chi connectivity index (χ1v) is 3.88. The summed E-state index contributed by atoms with van der Waals surface area (Å²) in [5.41, 5.74) is 8.61. The largest absolute Gasteiger partial charge is 0.472 e. The number of rotatable bonds is 3. The van der Waals surface area contributed by atoms with E-state index in [2.05, 4.69) is 10.5 Å². The molecule has 0 aliphatic heterocycles. The van der Waals surface area contributed by atoms with E-state index in [1.165, 1.54) is 0 Å². The minimum atomic E-state index is -0.672. The number of carbonyl (C=O) groups is 1. The molecule has 0 saturated heterocycles. The average molecular weight is 181 g/mol. The Labute approximate surface area is 75.6 Å². The molecule has 1 heterocycles. The van der Waals surface area contributed by atoms with E-state index in [4.69, 9.17) is 10.2 Å². The summed E-state index contributed by atoms with van der Waals surface area (Å²) in [7, 11) is 0. The van der Waals surface area contributed by atoms with Gasteiger partial charge in [-0.1, -0.05) is 6.92 Å². The van der Waals surface area contributed by atoms with E-state index in [1.54, 1.807) is 18.6 Å². The molecule has 1 aromatic rings. The molecule has 5 nitrogen and oxygen atoms in total. The van der Waals surface area contributed by atoms with Gasteiger partial charge >= 0.3 is 6.03 Å². The van der Waals surface area contributed by atoms with Crippen molar-refractivity contribution in [3.63, 3.8) is 0 Å². The maximum atomic E-state index is 10.4. The van der Waals surface area contributed by atoms with Crippen LogP contribution in [-0.4, -0.2) is 11.7 Å². The number of carbonyl (C=O) groups excluding carboxylic acids is 1. The van der Waals surface area contributed by atoms with Crippen LogP contribution in [0.2, 0.25) is 0 Å². The van der Waals surface area contributed by atoms with E-state index in [1.807, 2.05) is 6.92 Å². The van der Waals surface area contributed by atoms with E-state index in [0.29, 0.717) is 6.42 Å². The van der Waals surface area contributed by atoms with Crippen LogP contribution in [0.4, 0.5) is 4.79 Å². The van der Waals surface area contributed by atoms with Gasteiger partial charge in [-0.25, -0.2) is 10.2 Å². The highest BCUT2D eigenvalue weighted by Gasteiger charge is 2.02. The summed E-state index contributed by atoms with van der Waals surface area (Å²) in [6.45, 7) is 1.93. The summed E-state index contributed by atoms with van der Waals surface area (Å²) in [5.74, 6) is 0. The molecule has 0 spiro atoms. The fourth-order valence-corrected chi connectivity index (χ4v) is 0.899. The molecule has 0 saturated carbocycles. The molecular formula is C8H11N3O2. The Morgan fingerprint density at radius 2 is 2.54 bits per heavy atom. The predicted octanol–water partition coefficient (Wildman–Crippen LogP) is 1.06. The van der Waals surface area contributed by atoms with Crippen LogP contribution in [0.3, 0.4) is 0 Å². The zero-order valence-electron chi connectivity index (χ0n) is 7.28. The van der Waals surface area contributed by atoms with E-state index >= 15 is 0 Å². The Bertz CT molecular complexity index is 303. The second kappa shape index (κ2) is 4.30. The van der Waals surface area contributed by atoms with Gasteiger partial charge in [0.2, 0.25) is 0 Å². The van der Waals surface area contributed by atoms with Crippen molar-refractivity contribution in [2.24, 2.45) is 10.8 Å². The van der Waals surface area contributed by atoms with Gasteiger partial charge in [0.15, 0.2) is 0 Å². The number of nitrogens with one attached hydrogen (secondary N) is 1. The lowest BCUT2D eigenvalue weighted by molar-refractivity contribution is 0.249. The van der Waals surface area contributed by atoms with Crippen LogP contribution in [0.15, 0.2) is 28.1 Å². The topological polar surface area (TPSA) is 80.6 Å². The Hall–Kier alpha value is -1.78. The van der Waals surface area contributed by atoms with Crippen molar-refractivity contribution in [2.45, 2.75) is 13.3 Å². The number of urea groups is 1. The number of hydrogen-bond donors (Lipinski definition) is 2. The first-order valence-electron chi connectivity index (χ1n) is 3.88. The summed E-state index contributed by atoms with van der Waals surface area (Å²) < 4.78 is 4.88. The monoisotopic (exact) mass is 181 g/mol. The molecule has 5 heteroatoms. The fraction of sp³-hybridized carbons (Fsp3) is 0.250. The molecular weight excluding hydrogens is 170 g/mol. The first kappa shape index (κ1) is 9.31. The number of hydrogen-bond acceptors (Lipinski definition) is 3. The standard InChI is InChI=1S/C8H11N3O2/c1-2-7(10-11-8(9)12)6-3-4-13-5-6/h3-5H,2H2,1H3,(H3,9,11,12)/b10-7+. The summed E-state index contributed by atoms with van der Waals surface area (Å²) in [6, 6.07) is 1.10. The van der Waals surface area contributed by atoms with E-state index in [9.17, 15) is 4.79 Å². The van der Waals surface area contributed by atoms with Crippen LogP contribution in [0.25, 0.3) is 0 Å². The molecule has 1 rings (SSSR count). The highest BCUT2D eigenvalue weighted by molar-refractivity contribution is 6.00. The molecule has 70 valence electrons. The van der Waals surface area contributed by atoms with Gasteiger partial charge in [0.05, 0.1) is 18.2 Å². The van der Waals surface area contributed by atoms with Crippen LogP contribution in [0, 0.1) is 0 Å². The molecule has 0 fully saturated rings. The van der Waals surface area contributed by atoms with Gasteiger partial charge in [-0.3, -0.25) is 0 Å². The van der Waals surface area contributed by atoms with Crippen LogP contribution >= 0.6 is 0 Å². The molecule has 0 aromatic carbocycles. The second-order valence-corrected chi connectivity index (χ2v) is 2.40. The van der Waals surface area contributed by atoms with Crippen molar-refractivity contribution >= 4 is 11.7 Å². The van der Waals surface area contributed by atoms with Gasteiger partial charge in [0.25, 0.3) is 0 Å². The van der Waals surface area contributed by atoms with Gasteiger partial charge in [-0.2, -0.15) is 5.10 Å². The van der Waals surface area contributed by atoms with E-state index < -0.39 is 6.03 Å². The Balaban J connectivity index is 2.73. The van der Waals surface area contributed by atoms with Gasteiger partial charge < -0.3 is 10.2 Å². The summed E-state index contributed by atoms with van der Waals surface area (Å²) >= 11 is 0. The van der Waals surface area contributed by atoms with Crippen LogP contribution < -0.4 is 11.2 Å². The zero-order chi connectivity index (χ0) is 9.68. The maximum Gasteiger partial charge on any atom is 0.332 e. The lowest BCUT2D eigenvalue weighted by atomic mass is 10.2. The number of nitrogens with two attached hydrogens (primary N) is 1. The number of nitrogens with zero attached hydrogens (tertiary/aromatic N) is 1. The minimum absolute atomic E-state index is 0.672. The normalized spacial score (nSPS) is 11.3. The van der Waals surface area contributed by atoms with Crippen LogP contribution in [0.1, 0.15) is 18.9 Å². The smallest absolute Gasteiger partial charge is 0.332 e. The van der Waals surface area contributed by atoms with Crippen molar-refractivity contribution in [1.82, 2.24) is 5.43 Å². The number of furan rings is 1.